The molecule has 1 aromatic rings. The van der Waals surface area contributed by atoms with Crippen LogP contribution >= 0.6 is 0 Å². The predicted molar refractivity (Wildman–Crippen MR) is 71.8 cm³/mol. The second-order valence-electron chi connectivity index (χ2n) is 4.81. The third kappa shape index (κ3) is 3.64. The Hall–Kier alpha value is -1.69. The molecule has 6 nitrogen and oxygen atoms in total. The number of aliphatic hydroxyl groups is 1. The number of likely N-dealkylation sites (tertiary alicyclic amines) is 1. The van der Waals surface area contributed by atoms with Gasteiger partial charge in [-0.2, -0.15) is 0 Å². The molecule has 1 fully saturated rings. The number of aromatic nitrogens is 2. The second kappa shape index (κ2) is 6.47. The first-order valence-electron chi connectivity index (χ1n) is 6.70. The number of aryl methyl sites for hydroxylation is 1. The van der Waals surface area contributed by atoms with Crippen LogP contribution in [0.1, 0.15) is 25.6 Å². The summed E-state index contributed by atoms with van der Waals surface area (Å²) in [6.07, 6.45) is 5.94. The van der Waals surface area contributed by atoms with Crippen LogP contribution < -0.4 is 5.32 Å². The lowest BCUT2D eigenvalue weighted by Crippen LogP contribution is -2.43. The number of amides is 2. The van der Waals surface area contributed by atoms with Crippen molar-refractivity contribution in [2.45, 2.75) is 26.2 Å². The average molecular weight is 264 g/mol. The van der Waals surface area contributed by atoms with E-state index in [0.29, 0.717) is 12.2 Å². The third-order valence-electron chi connectivity index (χ3n) is 3.34. The van der Waals surface area contributed by atoms with Gasteiger partial charge in [0.2, 0.25) is 0 Å². The highest BCUT2D eigenvalue weighted by molar-refractivity contribution is 5.89. The Bertz CT molecular complexity index is 421. The maximum absolute atomic E-state index is 12.1. The Balaban J connectivity index is 1.92. The first kappa shape index (κ1) is 13.7. The van der Waals surface area contributed by atoms with Gasteiger partial charge in [-0.3, -0.25) is 0 Å². The minimum atomic E-state index is -0.147. The molecule has 104 valence electrons. The van der Waals surface area contributed by atoms with Crippen LogP contribution in [0.15, 0.2) is 12.4 Å². The molecule has 1 atom stereocenters. The minimum absolute atomic E-state index is 0.137. The Morgan fingerprint density at radius 3 is 2.89 bits per heavy atom. The SMILES string of the molecule is CCc1ncc(NC(=O)N2CCCC(CO)C2)cn1. The molecule has 0 radical (unpaired) electrons. The predicted octanol–water partition coefficient (Wildman–Crippen LogP) is 1.28. The van der Waals surface area contributed by atoms with Crippen molar-refractivity contribution in [1.29, 1.82) is 0 Å². The molecule has 2 N–H and O–H groups in total. The highest BCUT2D eigenvalue weighted by Crippen LogP contribution is 2.16. The summed E-state index contributed by atoms with van der Waals surface area (Å²) in [5.74, 6) is 0.953. The van der Waals surface area contributed by atoms with Crippen LogP contribution in [0.4, 0.5) is 10.5 Å². The zero-order valence-electron chi connectivity index (χ0n) is 11.2. The molecule has 1 aliphatic heterocycles. The van der Waals surface area contributed by atoms with Crippen LogP contribution in [0, 0.1) is 5.92 Å². The summed E-state index contributed by atoms with van der Waals surface area (Å²) in [6, 6.07) is -0.147. The number of rotatable bonds is 3. The van der Waals surface area contributed by atoms with Crippen molar-refractivity contribution >= 4 is 11.7 Å². The molecule has 0 aliphatic carbocycles. The van der Waals surface area contributed by atoms with Crippen molar-refractivity contribution in [3.63, 3.8) is 0 Å². The number of piperidine rings is 1. The van der Waals surface area contributed by atoms with Crippen molar-refractivity contribution in [3.8, 4) is 0 Å². The monoisotopic (exact) mass is 264 g/mol. The van der Waals surface area contributed by atoms with Gasteiger partial charge in [-0.05, 0) is 18.8 Å². The molecule has 2 amide bonds. The molecule has 2 rings (SSSR count). The number of aliphatic hydroxyl groups excluding tert-OH is 1. The third-order valence-corrected chi connectivity index (χ3v) is 3.34. The summed E-state index contributed by atoms with van der Waals surface area (Å²) in [7, 11) is 0. The second-order valence-corrected chi connectivity index (χ2v) is 4.81. The van der Waals surface area contributed by atoms with Gasteiger partial charge in [-0.1, -0.05) is 6.92 Å². The highest BCUT2D eigenvalue weighted by Gasteiger charge is 2.23. The Morgan fingerprint density at radius 1 is 1.53 bits per heavy atom. The minimum Gasteiger partial charge on any atom is -0.396 e. The summed E-state index contributed by atoms with van der Waals surface area (Å²) >= 11 is 0. The van der Waals surface area contributed by atoms with Gasteiger partial charge in [-0.25, -0.2) is 14.8 Å². The quantitative estimate of drug-likeness (QED) is 0.862. The van der Waals surface area contributed by atoms with Gasteiger partial charge < -0.3 is 15.3 Å². The molecule has 0 spiro atoms. The van der Waals surface area contributed by atoms with E-state index >= 15 is 0 Å². The maximum Gasteiger partial charge on any atom is 0.321 e. The standard InChI is InChI=1S/C13H20N4O2/c1-2-12-14-6-11(7-15-12)16-13(19)17-5-3-4-10(8-17)9-18/h6-7,10,18H,2-5,8-9H2,1H3,(H,16,19). The number of hydrogen-bond acceptors (Lipinski definition) is 4. The zero-order valence-corrected chi connectivity index (χ0v) is 11.2. The van der Waals surface area contributed by atoms with Crippen molar-refractivity contribution in [1.82, 2.24) is 14.9 Å². The molecular formula is C13H20N4O2. The van der Waals surface area contributed by atoms with E-state index in [4.69, 9.17) is 5.11 Å². The summed E-state index contributed by atoms with van der Waals surface area (Å²) in [6.45, 7) is 3.46. The van der Waals surface area contributed by atoms with Gasteiger partial charge in [0.1, 0.15) is 5.82 Å². The molecule has 19 heavy (non-hydrogen) atoms. The van der Waals surface area contributed by atoms with Crippen LogP contribution in [-0.2, 0) is 6.42 Å². The van der Waals surface area contributed by atoms with E-state index < -0.39 is 0 Å². The van der Waals surface area contributed by atoms with Gasteiger partial charge in [0.15, 0.2) is 0 Å². The summed E-state index contributed by atoms with van der Waals surface area (Å²) in [5, 5.41) is 11.9. The number of urea groups is 1. The Morgan fingerprint density at radius 2 is 2.26 bits per heavy atom. The van der Waals surface area contributed by atoms with Gasteiger partial charge in [0.05, 0.1) is 18.1 Å². The average Bonchev–Trinajstić information content (AvgIpc) is 2.48. The lowest BCUT2D eigenvalue weighted by Gasteiger charge is -2.31. The molecule has 1 saturated heterocycles. The van der Waals surface area contributed by atoms with Gasteiger partial charge in [0.25, 0.3) is 0 Å². The smallest absolute Gasteiger partial charge is 0.321 e. The summed E-state index contributed by atoms with van der Waals surface area (Å²) in [4.78, 5) is 22.1. The van der Waals surface area contributed by atoms with Crippen molar-refractivity contribution in [3.05, 3.63) is 18.2 Å². The van der Waals surface area contributed by atoms with E-state index in [1.807, 2.05) is 6.92 Å². The zero-order chi connectivity index (χ0) is 13.7. The maximum atomic E-state index is 12.1. The molecule has 0 bridgehead atoms. The van der Waals surface area contributed by atoms with E-state index in [-0.39, 0.29) is 18.6 Å². The molecule has 1 aromatic heterocycles. The van der Waals surface area contributed by atoms with Crippen LogP contribution in [0.2, 0.25) is 0 Å². The van der Waals surface area contributed by atoms with Crippen LogP contribution in [-0.4, -0.2) is 45.7 Å². The first-order valence-corrected chi connectivity index (χ1v) is 6.70. The molecule has 6 heteroatoms. The van der Waals surface area contributed by atoms with E-state index in [1.165, 1.54) is 0 Å². The van der Waals surface area contributed by atoms with Gasteiger partial charge in [-0.15, -0.1) is 0 Å². The Kier molecular flexibility index (Phi) is 4.68. The molecule has 0 saturated carbocycles. The number of carbonyl (C=O) groups is 1. The van der Waals surface area contributed by atoms with E-state index in [1.54, 1.807) is 17.3 Å². The lowest BCUT2D eigenvalue weighted by atomic mass is 9.99. The van der Waals surface area contributed by atoms with Crippen LogP contribution in [0.25, 0.3) is 0 Å². The Labute approximate surface area is 112 Å². The lowest BCUT2D eigenvalue weighted by molar-refractivity contribution is 0.136. The highest BCUT2D eigenvalue weighted by atomic mass is 16.3. The number of hydrogen-bond donors (Lipinski definition) is 2. The van der Waals surface area contributed by atoms with E-state index in [0.717, 1.165) is 31.6 Å². The topological polar surface area (TPSA) is 78.4 Å². The number of carbonyl (C=O) groups excluding carboxylic acids is 1. The van der Waals surface area contributed by atoms with Crippen LogP contribution in [0.3, 0.4) is 0 Å². The molecule has 1 unspecified atom stereocenters. The molecule has 2 heterocycles. The van der Waals surface area contributed by atoms with Crippen LogP contribution in [0.5, 0.6) is 0 Å². The van der Waals surface area contributed by atoms with Crippen molar-refractivity contribution < 1.29 is 9.90 Å². The van der Waals surface area contributed by atoms with Crippen molar-refractivity contribution in [2.75, 3.05) is 25.0 Å². The fraction of sp³-hybridized carbons (Fsp3) is 0.615. The van der Waals surface area contributed by atoms with E-state index in [9.17, 15) is 4.79 Å². The first-order chi connectivity index (χ1) is 9.22. The van der Waals surface area contributed by atoms with Crippen molar-refractivity contribution in [2.24, 2.45) is 5.92 Å². The summed E-state index contributed by atoms with van der Waals surface area (Å²) < 4.78 is 0. The number of anilines is 1. The number of nitrogens with zero attached hydrogens (tertiary/aromatic N) is 3. The molecular weight excluding hydrogens is 244 g/mol. The fourth-order valence-electron chi connectivity index (χ4n) is 2.20. The fourth-order valence-corrected chi connectivity index (χ4v) is 2.20. The van der Waals surface area contributed by atoms with Gasteiger partial charge in [0, 0.05) is 26.1 Å². The van der Waals surface area contributed by atoms with Gasteiger partial charge >= 0.3 is 6.03 Å². The number of nitrogens with one attached hydrogen (secondary N) is 1. The largest absolute Gasteiger partial charge is 0.396 e. The van der Waals surface area contributed by atoms with E-state index in [2.05, 4.69) is 15.3 Å². The summed E-state index contributed by atoms with van der Waals surface area (Å²) in [5.41, 5.74) is 0.605. The molecule has 1 aliphatic rings. The normalized spacial score (nSPS) is 19.3. The molecule has 0 aromatic carbocycles.